The molecular weight excluding hydrogens is 485 g/mol. The van der Waals surface area contributed by atoms with Gasteiger partial charge in [0.25, 0.3) is 5.91 Å². The third-order valence-corrected chi connectivity index (χ3v) is 7.21. The van der Waals surface area contributed by atoms with Crippen molar-refractivity contribution in [2.24, 2.45) is 18.7 Å². The molecule has 6 rings (SSSR count). The van der Waals surface area contributed by atoms with E-state index in [4.69, 9.17) is 10.7 Å². The number of fused-ring (bicyclic) bond motifs is 2. The number of amides is 1. The van der Waals surface area contributed by atoms with Crippen molar-refractivity contribution in [3.8, 4) is 17.4 Å². The van der Waals surface area contributed by atoms with Gasteiger partial charge in [-0.1, -0.05) is 0 Å². The van der Waals surface area contributed by atoms with Crippen LogP contribution in [0.15, 0.2) is 30.3 Å². The van der Waals surface area contributed by atoms with E-state index in [0.717, 1.165) is 31.1 Å². The lowest BCUT2D eigenvalue weighted by Gasteiger charge is -2.30. The van der Waals surface area contributed by atoms with E-state index in [2.05, 4.69) is 9.72 Å². The molecule has 2 N–H and O–H groups in total. The van der Waals surface area contributed by atoms with Gasteiger partial charge in [0.15, 0.2) is 5.82 Å². The van der Waals surface area contributed by atoms with Gasteiger partial charge in [-0.15, -0.1) is 0 Å². The molecule has 1 atom stereocenters. The Kier molecular flexibility index (Phi) is 5.82. The molecular formula is C26H27F3N6O2. The fourth-order valence-electron chi connectivity index (χ4n) is 5.22. The van der Waals surface area contributed by atoms with E-state index in [-0.39, 0.29) is 28.9 Å². The van der Waals surface area contributed by atoms with Gasteiger partial charge < -0.3 is 24.5 Å². The lowest BCUT2D eigenvalue weighted by molar-refractivity contribution is -0.0526. The molecule has 0 spiro atoms. The molecule has 8 nitrogen and oxygen atoms in total. The number of pyridine rings is 1. The summed E-state index contributed by atoms with van der Waals surface area (Å²) in [5, 5.41) is 0.738. The van der Waals surface area contributed by atoms with Crippen molar-refractivity contribution in [3.63, 3.8) is 0 Å². The molecule has 1 aliphatic carbocycles. The van der Waals surface area contributed by atoms with Crippen molar-refractivity contribution >= 4 is 28.0 Å². The number of aryl methyl sites for hydroxylation is 1. The number of hydrogen-bond acceptors (Lipinski definition) is 5. The molecule has 37 heavy (non-hydrogen) atoms. The number of aromatic nitrogens is 4. The van der Waals surface area contributed by atoms with E-state index in [9.17, 15) is 13.6 Å². The van der Waals surface area contributed by atoms with Crippen molar-refractivity contribution in [1.82, 2.24) is 24.0 Å². The van der Waals surface area contributed by atoms with Crippen molar-refractivity contribution in [3.05, 3.63) is 41.7 Å². The summed E-state index contributed by atoms with van der Waals surface area (Å²) in [6, 6.07) is 7.74. The Bertz CT molecular complexity index is 1510. The number of ether oxygens (including phenoxy) is 1. The monoisotopic (exact) mass is 512 g/mol. The first-order chi connectivity index (χ1) is 17.8. The average Bonchev–Trinajstić information content (AvgIpc) is 3.53. The second-order valence-electron chi connectivity index (χ2n) is 10.00. The summed E-state index contributed by atoms with van der Waals surface area (Å²) in [6.45, 7) is -1.31. The first-order valence-electron chi connectivity index (χ1n) is 12.4. The van der Waals surface area contributed by atoms with Crippen LogP contribution in [-0.4, -0.2) is 55.7 Å². The minimum atomic E-state index is -2.98. The summed E-state index contributed by atoms with van der Waals surface area (Å²) in [5.74, 6) is -0.0301. The number of likely N-dealkylation sites (tertiary alicyclic amines) is 1. The summed E-state index contributed by atoms with van der Waals surface area (Å²) < 4.78 is 49.1. The standard InChI is InChI=1S/C26H27F3N6O2/c1-33-22-18(27)9-16(25(36)34-8-2-3-17(30)13-34)10-19(22)31-24(33)20-11-15-6-7-21(37-26(28)29)32-23(15)35(20)12-14-4-5-14/h6-7,9-11,14,17,26H,2-5,8,12-13,30H2,1H3/t17-/m1/s1. The lowest BCUT2D eigenvalue weighted by atomic mass is 10.0. The predicted octanol–water partition coefficient (Wildman–Crippen LogP) is 4.30. The highest BCUT2D eigenvalue weighted by molar-refractivity contribution is 5.98. The maximum atomic E-state index is 15.4. The maximum absolute atomic E-state index is 15.4. The molecule has 1 aromatic carbocycles. The maximum Gasteiger partial charge on any atom is 0.388 e. The minimum Gasteiger partial charge on any atom is -0.417 e. The van der Waals surface area contributed by atoms with Crippen LogP contribution in [0.4, 0.5) is 13.2 Å². The van der Waals surface area contributed by atoms with E-state index < -0.39 is 12.4 Å². The number of benzene rings is 1. The third-order valence-electron chi connectivity index (χ3n) is 7.21. The smallest absolute Gasteiger partial charge is 0.388 e. The fraction of sp³-hybridized carbons (Fsp3) is 0.423. The van der Waals surface area contributed by atoms with Gasteiger partial charge >= 0.3 is 6.61 Å². The summed E-state index contributed by atoms with van der Waals surface area (Å²) in [4.78, 5) is 23.8. The number of imidazole rings is 1. The van der Waals surface area contributed by atoms with Crippen LogP contribution in [0.25, 0.3) is 33.6 Å². The lowest BCUT2D eigenvalue weighted by Crippen LogP contribution is -2.45. The van der Waals surface area contributed by atoms with Crippen molar-refractivity contribution in [2.45, 2.75) is 44.9 Å². The highest BCUT2D eigenvalue weighted by Crippen LogP contribution is 2.37. The highest BCUT2D eigenvalue weighted by atomic mass is 19.3. The summed E-state index contributed by atoms with van der Waals surface area (Å²) in [6.07, 6.45) is 3.81. The molecule has 0 unspecified atom stereocenters. The van der Waals surface area contributed by atoms with Gasteiger partial charge in [-0.05, 0) is 55.9 Å². The summed E-state index contributed by atoms with van der Waals surface area (Å²) in [7, 11) is 1.72. The fourth-order valence-corrected chi connectivity index (χ4v) is 5.22. The SMILES string of the molecule is Cn1c(-c2cc3ccc(OC(F)F)nc3n2CC2CC2)nc2cc(C(=O)N3CCC[C@@H](N)C3)cc(F)c21. The van der Waals surface area contributed by atoms with Crippen LogP contribution in [0.3, 0.4) is 0 Å². The molecule has 11 heteroatoms. The van der Waals surface area contributed by atoms with Crippen LogP contribution in [-0.2, 0) is 13.6 Å². The van der Waals surface area contributed by atoms with Gasteiger partial charge in [0.1, 0.15) is 17.0 Å². The molecule has 194 valence electrons. The number of rotatable bonds is 6. The number of carbonyl (C=O) groups is 1. The van der Waals surface area contributed by atoms with E-state index in [0.29, 0.717) is 48.2 Å². The number of alkyl halides is 2. The van der Waals surface area contributed by atoms with Gasteiger partial charge in [-0.25, -0.2) is 9.37 Å². The topological polar surface area (TPSA) is 91.2 Å². The van der Waals surface area contributed by atoms with Gasteiger partial charge in [0.2, 0.25) is 5.88 Å². The quantitative estimate of drug-likeness (QED) is 0.416. The molecule has 4 heterocycles. The number of nitrogens with two attached hydrogens (primary N) is 1. The number of carbonyl (C=O) groups excluding carboxylic acids is 1. The second kappa shape index (κ2) is 9.05. The second-order valence-corrected chi connectivity index (χ2v) is 10.00. The van der Waals surface area contributed by atoms with E-state index in [1.807, 2.05) is 10.6 Å². The van der Waals surface area contributed by atoms with Crippen molar-refractivity contribution in [2.75, 3.05) is 13.1 Å². The molecule has 1 amide bonds. The zero-order chi connectivity index (χ0) is 25.8. The first kappa shape index (κ1) is 23.8. The molecule has 0 bridgehead atoms. The molecule has 4 aromatic rings. The molecule has 0 radical (unpaired) electrons. The number of hydrogen-bond donors (Lipinski definition) is 1. The van der Waals surface area contributed by atoms with Crippen LogP contribution in [0.5, 0.6) is 5.88 Å². The number of halogens is 3. The normalized spacial score (nSPS) is 18.3. The van der Waals surface area contributed by atoms with Crippen LogP contribution < -0.4 is 10.5 Å². The Labute approximate surface area is 210 Å². The van der Waals surface area contributed by atoms with Crippen LogP contribution in [0.1, 0.15) is 36.0 Å². The van der Waals surface area contributed by atoms with Gasteiger partial charge in [0.05, 0.1) is 11.2 Å². The van der Waals surface area contributed by atoms with E-state index >= 15 is 4.39 Å². The Hall–Kier alpha value is -3.60. The number of nitrogens with zero attached hydrogens (tertiary/aromatic N) is 5. The number of piperidine rings is 1. The van der Waals surface area contributed by atoms with Crippen LogP contribution >= 0.6 is 0 Å². The minimum absolute atomic E-state index is 0.0821. The molecule has 1 saturated carbocycles. The summed E-state index contributed by atoms with van der Waals surface area (Å²) >= 11 is 0. The Morgan fingerprint density at radius 3 is 2.73 bits per heavy atom. The van der Waals surface area contributed by atoms with Crippen LogP contribution in [0.2, 0.25) is 0 Å². The molecule has 2 fully saturated rings. The van der Waals surface area contributed by atoms with E-state index in [1.54, 1.807) is 28.6 Å². The Balaban J connectivity index is 1.44. The average molecular weight is 513 g/mol. The van der Waals surface area contributed by atoms with Gasteiger partial charge in [-0.2, -0.15) is 13.8 Å². The van der Waals surface area contributed by atoms with Gasteiger partial charge in [0, 0.05) is 49.7 Å². The zero-order valence-corrected chi connectivity index (χ0v) is 20.3. The zero-order valence-electron chi connectivity index (χ0n) is 20.3. The Morgan fingerprint density at radius 2 is 2.00 bits per heavy atom. The molecule has 1 aliphatic heterocycles. The molecule has 2 aliphatic rings. The van der Waals surface area contributed by atoms with Crippen molar-refractivity contribution < 1.29 is 22.7 Å². The first-order valence-corrected chi connectivity index (χ1v) is 12.4. The summed E-state index contributed by atoms with van der Waals surface area (Å²) in [5.41, 5.74) is 8.10. The molecule has 1 saturated heterocycles. The largest absolute Gasteiger partial charge is 0.417 e. The highest BCUT2D eigenvalue weighted by Gasteiger charge is 2.28. The van der Waals surface area contributed by atoms with Gasteiger partial charge in [-0.3, -0.25) is 4.79 Å². The third kappa shape index (κ3) is 4.41. The predicted molar refractivity (Wildman–Crippen MR) is 132 cm³/mol. The van der Waals surface area contributed by atoms with E-state index in [1.165, 1.54) is 12.1 Å². The Morgan fingerprint density at radius 1 is 1.19 bits per heavy atom. The molecule has 3 aromatic heterocycles. The van der Waals surface area contributed by atoms with Crippen molar-refractivity contribution in [1.29, 1.82) is 0 Å². The van der Waals surface area contributed by atoms with Crippen LogP contribution in [0, 0.1) is 11.7 Å².